The second-order valence-corrected chi connectivity index (χ2v) is 3.82. The van der Waals surface area contributed by atoms with Gasteiger partial charge in [-0.1, -0.05) is 6.92 Å². The van der Waals surface area contributed by atoms with Gasteiger partial charge in [-0.3, -0.25) is 4.79 Å². The van der Waals surface area contributed by atoms with Crippen molar-refractivity contribution >= 4 is 5.97 Å². The largest absolute Gasteiger partial charge is 0.465 e. The van der Waals surface area contributed by atoms with E-state index in [2.05, 4.69) is 0 Å². The fourth-order valence-electron chi connectivity index (χ4n) is 1.37. The average Bonchev–Trinajstić information content (AvgIpc) is 3.04. The Morgan fingerprint density at radius 1 is 1.47 bits per heavy atom. The van der Waals surface area contributed by atoms with Crippen LogP contribution in [0.15, 0.2) is 22.8 Å². The lowest BCUT2D eigenvalue weighted by Crippen LogP contribution is -2.06. The Balaban J connectivity index is 0.000000239. The molecule has 4 nitrogen and oxygen atoms in total. The van der Waals surface area contributed by atoms with Gasteiger partial charge in [0.25, 0.3) is 0 Å². The van der Waals surface area contributed by atoms with E-state index in [1.165, 1.54) is 12.8 Å². The second-order valence-electron chi connectivity index (χ2n) is 3.82. The molecule has 1 aromatic heterocycles. The van der Waals surface area contributed by atoms with Gasteiger partial charge in [-0.25, -0.2) is 0 Å². The highest BCUT2D eigenvalue weighted by molar-refractivity contribution is 5.69. The van der Waals surface area contributed by atoms with E-state index >= 15 is 0 Å². The predicted octanol–water partition coefficient (Wildman–Crippen LogP) is 3.09. The molecule has 17 heavy (non-hydrogen) atoms. The van der Waals surface area contributed by atoms with Gasteiger partial charge in [0.05, 0.1) is 6.26 Å². The van der Waals surface area contributed by atoms with Gasteiger partial charge in [0, 0.05) is 19.6 Å². The normalized spacial score (nSPS) is 15.9. The fraction of sp³-hybridized carbons (Fsp3) is 0.615. The monoisotopic (exact) mass is 240 g/mol. The SMILES string of the molecule is C1CCOC1.CCC(=O)OC(C)c1ccco1. The minimum Gasteiger partial charge on any atom is -0.465 e. The zero-order valence-electron chi connectivity index (χ0n) is 10.5. The van der Waals surface area contributed by atoms with Crippen LogP contribution in [0.1, 0.15) is 45.0 Å². The molecule has 1 fully saturated rings. The molecule has 0 radical (unpaired) electrons. The van der Waals surface area contributed by atoms with Crippen molar-refractivity contribution in [1.82, 2.24) is 0 Å². The van der Waals surface area contributed by atoms with Crippen molar-refractivity contribution in [3.05, 3.63) is 24.2 Å². The standard InChI is InChI=1S/C9H12O3.C4H8O/c1-3-9(10)12-7(2)8-5-4-6-11-8;1-2-4-5-3-1/h4-7H,3H2,1-2H3;1-4H2. The van der Waals surface area contributed by atoms with Crippen LogP contribution in [0.2, 0.25) is 0 Å². The van der Waals surface area contributed by atoms with Crippen LogP contribution in [0.4, 0.5) is 0 Å². The first-order valence-corrected chi connectivity index (χ1v) is 6.04. The highest BCUT2D eigenvalue weighted by atomic mass is 16.5. The summed E-state index contributed by atoms with van der Waals surface area (Å²) in [6, 6.07) is 3.55. The number of ether oxygens (including phenoxy) is 2. The van der Waals surface area contributed by atoms with Crippen LogP contribution in [0.3, 0.4) is 0 Å². The van der Waals surface area contributed by atoms with E-state index in [1.807, 2.05) is 0 Å². The molecule has 0 saturated carbocycles. The molecule has 96 valence electrons. The van der Waals surface area contributed by atoms with Crippen molar-refractivity contribution < 1.29 is 18.7 Å². The molecule has 0 N–H and O–H groups in total. The summed E-state index contributed by atoms with van der Waals surface area (Å²) in [6.45, 7) is 5.55. The number of carbonyl (C=O) groups excluding carboxylic acids is 1. The molecule has 0 bridgehead atoms. The summed E-state index contributed by atoms with van der Waals surface area (Å²) < 4.78 is 15.0. The molecule has 1 aliphatic heterocycles. The van der Waals surface area contributed by atoms with Gasteiger partial charge >= 0.3 is 5.97 Å². The zero-order valence-corrected chi connectivity index (χ0v) is 10.5. The number of furan rings is 1. The fourth-order valence-corrected chi connectivity index (χ4v) is 1.37. The first-order valence-electron chi connectivity index (χ1n) is 6.04. The van der Waals surface area contributed by atoms with Crippen LogP contribution in [0.5, 0.6) is 0 Å². The summed E-state index contributed by atoms with van der Waals surface area (Å²) >= 11 is 0. The third-order valence-electron chi connectivity index (χ3n) is 2.37. The summed E-state index contributed by atoms with van der Waals surface area (Å²) in [5.74, 6) is 0.468. The highest BCUT2D eigenvalue weighted by Crippen LogP contribution is 2.16. The number of carbonyl (C=O) groups is 1. The first kappa shape index (κ1) is 13.8. The van der Waals surface area contributed by atoms with E-state index in [1.54, 1.807) is 32.2 Å². The van der Waals surface area contributed by atoms with Gasteiger partial charge in [-0.15, -0.1) is 0 Å². The third kappa shape index (κ3) is 5.54. The molecule has 0 spiro atoms. The molecule has 2 heterocycles. The zero-order chi connectivity index (χ0) is 12.5. The van der Waals surface area contributed by atoms with Gasteiger partial charge in [-0.05, 0) is 31.9 Å². The molecule has 1 aromatic rings. The number of hydrogen-bond acceptors (Lipinski definition) is 4. The van der Waals surface area contributed by atoms with Crippen molar-refractivity contribution in [2.45, 2.75) is 39.2 Å². The van der Waals surface area contributed by atoms with E-state index in [-0.39, 0.29) is 12.1 Å². The Hall–Kier alpha value is -1.29. The lowest BCUT2D eigenvalue weighted by molar-refractivity contribution is -0.149. The van der Waals surface area contributed by atoms with Crippen LogP contribution in [-0.4, -0.2) is 19.2 Å². The number of hydrogen-bond donors (Lipinski definition) is 0. The smallest absolute Gasteiger partial charge is 0.306 e. The Morgan fingerprint density at radius 2 is 2.18 bits per heavy atom. The summed E-state index contributed by atoms with van der Waals surface area (Å²) in [6.07, 6.45) is 4.23. The molecule has 2 rings (SSSR count). The third-order valence-corrected chi connectivity index (χ3v) is 2.37. The minimum atomic E-state index is -0.285. The molecule has 1 atom stereocenters. The lowest BCUT2D eigenvalue weighted by atomic mass is 10.3. The Bertz CT molecular complexity index is 294. The first-order chi connectivity index (χ1) is 8.24. The lowest BCUT2D eigenvalue weighted by Gasteiger charge is -2.08. The Labute approximate surface area is 102 Å². The van der Waals surface area contributed by atoms with Gasteiger partial charge in [0.2, 0.25) is 0 Å². The van der Waals surface area contributed by atoms with Gasteiger partial charge in [0.15, 0.2) is 6.10 Å². The quantitative estimate of drug-likeness (QED) is 0.762. The minimum absolute atomic E-state index is 0.209. The van der Waals surface area contributed by atoms with Crippen molar-refractivity contribution in [3.8, 4) is 0 Å². The van der Waals surface area contributed by atoms with E-state index < -0.39 is 0 Å². The van der Waals surface area contributed by atoms with Crippen LogP contribution < -0.4 is 0 Å². The van der Waals surface area contributed by atoms with Crippen LogP contribution in [0.25, 0.3) is 0 Å². The van der Waals surface area contributed by atoms with Crippen LogP contribution >= 0.6 is 0 Å². The van der Waals surface area contributed by atoms with E-state index in [9.17, 15) is 4.79 Å². The van der Waals surface area contributed by atoms with Crippen LogP contribution in [-0.2, 0) is 14.3 Å². The van der Waals surface area contributed by atoms with E-state index in [0.29, 0.717) is 12.2 Å². The molecule has 1 saturated heterocycles. The molecular weight excluding hydrogens is 220 g/mol. The summed E-state index contributed by atoms with van der Waals surface area (Å²) in [5, 5.41) is 0. The van der Waals surface area contributed by atoms with E-state index in [0.717, 1.165) is 13.2 Å². The summed E-state index contributed by atoms with van der Waals surface area (Å²) in [7, 11) is 0. The Kier molecular flexibility index (Phi) is 6.40. The highest BCUT2D eigenvalue weighted by Gasteiger charge is 2.11. The van der Waals surface area contributed by atoms with Crippen LogP contribution in [0, 0.1) is 0 Å². The Morgan fingerprint density at radius 3 is 2.59 bits per heavy atom. The molecule has 0 amide bonds. The average molecular weight is 240 g/mol. The van der Waals surface area contributed by atoms with Crippen molar-refractivity contribution in [2.75, 3.05) is 13.2 Å². The molecule has 1 aliphatic rings. The maximum absolute atomic E-state index is 10.9. The molecular formula is C13H20O4. The summed E-state index contributed by atoms with van der Waals surface area (Å²) in [4.78, 5) is 10.9. The molecule has 0 aliphatic carbocycles. The predicted molar refractivity (Wildman–Crippen MR) is 63.6 cm³/mol. The second kappa shape index (κ2) is 7.90. The van der Waals surface area contributed by atoms with Gasteiger partial charge in [-0.2, -0.15) is 0 Å². The topological polar surface area (TPSA) is 48.7 Å². The van der Waals surface area contributed by atoms with Gasteiger partial charge < -0.3 is 13.9 Å². The number of esters is 1. The van der Waals surface area contributed by atoms with E-state index in [4.69, 9.17) is 13.9 Å². The maximum Gasteiger partial charge on any atom is 0.306 e. The number of rotatable bonds is 3. The maximum atomic E-state index is 10.9. The van der Waals surface area contributed by atoms with Crippen molar-refractivity contribution in [1.29, 1.82) is 0 Å². The van der Waals surface area contributed by atoms with Crippen molar-refractivity contribution in [3.63, 3.8) is 0 Å². The summed E-state index contributed by atoms with van der Waals surface area (Å²) in [5.41, 5.74) is 0. The van der Waals surface area contributed by atoms with Crippen molar-refractivity contribution in [2.24, 2.45) is 0 Å². The molecule has 4 heteroatoms. The molecule has 1 unspecified atom stereocenters. The van der Waals surface area contributed by atoms with Gasteiger partial charge in [0.1, 0.15) is 5.76 Å². The molecule has 0 aromatic carbocycles.